The zero-order chi connectivity index (χ0) is 21.1. The molecule has 7 heteroatoms. The third-order valence-corrected chi connectivity index (χ3v) is 6.23. The van der Waals surface area contributed by atoms with E-state index in [0.717, 1.165) is 41.8 Å². The Morgan fingerprint density at radius 3 is 2.80 bits per heavy atom. The monoisotopic (exact) mass is 409 g/mol. The normalized spacial score (nSPS) is 27.3. The van der Waals surface area contributed by atoms with Gasteiger partial charge in [-0.1, -0.05) is 29.4 Å². The minimum Gasteiger partial charge on any atom is -0.465 e. The molecular formula is C23H24FN3O3. The zero-order valence-corrected chi connectivity index (χ0v) is 16.4. The summed E-state index contributed by atoms with van der Waals surface area (Å²) in [5, 5.41) is 24.5. The molecule has 2 aliphatic carbocycles. The number of benzene rings is 1. The Hall–Kier alpha value is -3.22. The van der Waals surface area contributed by atoms with Gasteiger partial charge in [0.15, 0.2) is 0 Å². The third-order valence-electron chi connectivity index (χ3n) is 6.23. The molecule has 4 rings (SSSR count). The van der Waals surface area contributed by atoms with Gasteiger partial charge in [0.25, 0.3) is 0 Å². The smallest absolute Gasteiger partial charge is 0.404 e. The third kappa shape index (κ3) is 4.35. The quantitative estimate of drug-likeness (QED) is 0.499. The number of aromatic nitrogens is 1. The highest BCUT2D eigenvalue weighted by Gasteiger charge is 2.43. The lowest BCUT2D eigenvalue weighted by Gasteiger charge is -2.33. The minimum atomic E-state index is -0.989. The lowest BCUT2D eigenvalue weighted by molar-refractivity contribution is 0.169. The topological polar surface area (TPSA) is 94.8 Å². The molecule has 6 nitrogen and oxygen atoms in total. The number of pyridine rings is 1. The van der Waals surface area contributed by atoms with E-state index in [4.69, 9.17) is 5.11 Å². The molecule has 1 aromatic carbocycles. The maximum atomic E-state index is 13.4. The van der Waals surface area contributed by atoms with Crippen molar-refractivity contribution in [3.63, 3.8) is 0 Å². The summed E-state index contributed by atoms with van der Waals surface area (Å²) in [5.74, 6) is 0.386. The van der Waals surface area contributed by atoms with Crippen LogP contribution in [-0.4, -0.2) is 33.1 Å². The van der Waals surface area contributed by atoms with Crippen molar-refractivity contribution in [2.45, 2.75) is 31.7 Å². The van der Waals surface area contributed by atoms with E-state index in [2.05, 4.69) is 15.5 Å². The van der Waals surface area contributed by atoms with Gasteiger partial charge in [-0.3, -0.25) is 4.98 Å². The van der Waals surface area contributed by atoms with Crippen LogP contribution < -0.4 is 5.32 Å². The van der Waals surface area contributed by atoms with E-state index in [1.807, 2.05) is 30.4 Å². The van der Waals surface area contributed by atoms with Crippen LogP contribution in [0.5, 0.6) is 0 Å². The summed E-state index contributed by atoms with van der Waals surface area (Å²) in [7, 11) is 0. The van der Waals surface area contributed by atoms with Gasteiger partial charge in [0, 0.05) is 23.7 Å². The lowest BCUT2D eigenvalue weighted by atomic mass is 9.76. The first kappa shape index (κ1) is 20.1. The molecule has 1 unspecified atom stereocenters. The molecule has 1 aromatic heterocycles. The predicted molar refractivity (Wildman–Crippen MR) is 112 cm³/mol. The molecule has 1 heterocycles. The van der Waals surface area contributed by atoms with E-state index in [9.17, 15) is 14.4 Å². The van der Waals surface area contributed by atoms with Crippen molar-refractivity contribution in [3.8, 4) is 11.1 Å². The van der Waals surface area contributed by atoms with Gasteiger partial charge in [0.2, 0.25) is 0 Å². The van der Waals surface area contributed by atoms with Gasteiger partial charge >= 0.3 is 6.09 Å². The highest BCUT2D eigenvalue weighted by Crippen LogP contribution is 2.45. The van der Waals surface area contributed by atoms with Gasteiger partial charge in [0.05, 0.1) is 11.4 Å². The second-order valence-corrected chi connectivity index (χ2v) is 8.05. The van der Waals surface area contributed by atoms with Crippen LogP contribution in [0.1, 0.15) is 31.4 Å². The molecule has 2 fully saturated rings. The van der Waals surface area contributed by atoms with Gasteiger partial charge in [-0.25, -0.2) is 9.18 Å². The largest absolute Gasteiger partial charge is 0.465 e. The number of oxime groups is 1. The maximum Gasteiger partial charge on any atom is 0.404 e. The van der Waals surface area contributed by atoms with Crippen molar-refractivity contribution < 1.29 is 19.5 Å². The molecule has 0 radical (unpaired) electrons. The van der Waals surface area contributed by atoms with Crippen LogP contribution in [0, 0.1) is 23.6 Å². The number of carboxylic acid groups (broad SMARTS) is 1. The van der Waals surface area contributed by atoms with Crippen LogP contribution in [0.2, 0.25) is 0 Å². The molecule has 0 spiro atoms. The number of nitrogens with one attached hydrogen (secondary N) is 1. The van der Waals surface area contributed by atoms with E-state index >= 15 is 0 Å². The molecular weight excluding hydrogens is 385 g/mol. The Kier molecular flexibility index (Phi) is 5.79. The Balaban J connectivity index is 1.46. The fraction of sp³-hybridized carbons (Fsp3) is 0.348. The molecule has 156 valence electrons. The fourth-order valence-electron chi connectivity index (χ4n) is 4.86. The molecule has 0 saturated heterocycles. The zero-order valence-electron chi connectivity index (χ0n) is 16.4. The average molecular weight is 409 g/mol. The fourth-order valence-corrected chi connectivity index (χ4v) is 4.86. The summed E-state index contributed by atoms with van der Waals surface area (Å²) in [6.07, 6.45) is 7.81. The highest BCUT2D eigenvalue weighted by molar-refractivity contribution is 5.91. The van der Waals surface area contributed by atoms with Gasteiger partial charge in [-0.15, -0.1) is 0 Å². The Bertz CT molecular complexity index is 974. The number of fused-ring (bicyclic) bond motifs is 1. The summed E-state index contributed by atoms with van der Waals surface area (Å²) in [6.45, 7) is 0. The molecule has 0 aliphatic heterocycles. The van der Waals surface area contributed by atoms with Crippen molar-refractivity contribution in [3.05, 3.63) is 60.2 Å². The predicted octanol–water partition coefficient (Wildman–Crippen LogP) is 4.80. The van der Waals surface area contributed by atoms with E-state index < -0.39 is 6.09 Å². The van der Waals surface area contributed by atoms with Crippen molar-refractivity contribution in [2.24, 2.45) is 22.9 Å². The van der Waals surface area contributed by atoms with Gasteiger partial charge in [-0.2, -0.15) is 0 Å². The van der Waals surface area contributed by atoms with Crippen LogP contribution in [0.25, 0.3) is 17.2 Å². The number of amides is 1. The highest BCUT2D eigenvalue weighted by atomic mass is 19.1. The molecule has 1 amide bonds. The standard InChI is InChI=1S/C23H24FN3O3/c24-17-3-1-2-14(10-17)15-4-5-18(25-13-15)6-9-21-20-8-7-19(26-23(28)29)11-16(20)12-22(21)27-30/h1-6,9-10,13,16,19-21,26,30H,7-8,11-12H2,(H,28,29)/b9-6+,27-22+/t16-,19?,20-,21+/m1/s1. The van der Waals surface area contributed by atoms with Crippen molar-refractivity contribution >= 4 is 17.9 Å². The first-order valence-corrected chi connectivity index (χ1v) is 10.1. The summed E-state index contributed by atoms with van der Waals surface area (Å²) >= 11 is 0. The first-order valence-electron chi connectivity index (χ1n) is 10.1. The van der Waals surface area contributed by atoms with Gasteiger partial charge in [-0.05, 0) is 67.4 Å². The van der Waals surface area contributed by atoms with Crippen LogP contribution in [0.4, 0.5) is 9.18 Å². The SMILES string of the molecule is O=C(O)NC1CC[C@@H]2[C@@H](C/C(=N\O)[C@H]2/C=C/c2ccc(-c3cccc(F)c3)cn2)C1. The summed E-state index contributed by atoms with van der Waals surface area (Å²) in [4.78, 5) is 15.4. The summed E-state index contributed by atoms with van der Waals surface area (Å²) in [5.41, 5.74) is 3.14. The number of halogens is 1. The van der Waals surface area contributed by atoms with Crippen molar-refractivity contribution in [2.75, 3.05) is 0 Å². The molecule has 2 aromatic rings. The van der Waals surface area contributed by atoms with Crippen molar-refractivity contribution in [1.29, 1.82) is 0 Å². The molecule has 2 saturated carbocycles. The van der Waals surface area contributed by atoms with E-state index in [-0.39, 0.29) is 17.8 Å². The molecule has 3 N–H and O–H groups in total. The van der Waals surface area contributed by atoms with Crippen LogP contribution >= 0.6 is 0 Å². The molecule has 0 bridgehead atoms. The van der Waals surface area contributed by atoms with Crippen LogP contribution in [0.3, 0.4) is 0 Å². The average Bonchev–Trinajstić information content (AvgIpc) is 3.09. The number of hydrogen-bond acceptors (Lipinski definition) is 4. The van der Waals surface area contributed by atoms with E-state index in [1.54, 1.807) is 12.3 Å². The van der Waals surface area contributed by atoms with E-state index in [0.29, 0.717) is 18.3 Å². The second-order valence-electron chi connectivity index (χ2n) is 8.05. The Labute approximate surface area is 174 Å². The number of carbonyl (C=O) groups is 1. The Morgan fingerprint density at radius 2 is 2.10 bits per heavy atom. The number of rotatable bonds is 4. The number of allylic oxidation sites excluding steroid dienone is 1. The van der Waals surface area contributed by atoms with E-state index in [1.165, 1.54) is 12.1 Å². The molecule has 2 aliphatic rings. The van der Waals surface area contributed by atoms with Gasteiger partial charge < -0.3 is 15.6 Å². The second kappa shape index (κ2) is 8.65. The Morgan fingerprint density at radius 1 is 1.23 bits per heavy atom. The van der Waals surface area contributed by atoms with Crippen molar-refractivity contribution in [1.82, 2.24) is 10.3 Å². The molecule has 4 atom stereocenters. The first-order chi connectivity index (χ1) is 14.5. The lowest BCUT2D eigenvalue weighted by Crippen LogP contribution is -2.39. The maximum absolute atomic E-state index is 13.4. The number of nitrogens with zero attached hydrogens (tertiary/aromatic N) is 2. The van der Waals surface area contributed by atoms with Gasteiger partial charge in [0.1, 0.15) is 5.82 Å². The minimum absolute atomic E-state index is 0.0236. The van der Waals surface area contributed by atoms with Crippen LogP contribution in [0.15, 0.2) is 53.8 Å². The number of hydrogen-bond donors (Lipinski definition) is 3. The molecule has 30 heavy (non-hydrogen) atoms. The summed E-state index contributed by atoms with van der Waals surface area (Å²) < 4.78 is 13.4. The van der Waals surface area contributed by atoms with Crippen LogP contribution in [-0.2, 0) is 0 Å². The summed E-state index contributed by atoms with van der Waals surface area (Å²) in [6, 6.07) is 10.1.